The third kappa shape index (κ3) is 3.87. The van der Waals surface area contributed by atoms with Crippen molar-refractivity contribution in [1.82, 2.24) is 0 Å². The molecule has 0 radical (unpaired) electrons. The fourth-order valence-corrected chi connectivity index (χ4v) is 2.15. The molecule has 0 aliphatic carbocycles. The van der Waals surface area contributed by atoms with Gasteiger partial charge in [-0.05, 0) is 25.5 Å². The Hall–Kier alpha value is -2.51. The first-order valence-corrected chi connectivity index (χ1v) is 7.24. The van der Waals surface area contributed by atoms with Crippen LogP contribution in [0.4, 0.5) is 13.2 Å². The Morgan fingerprint density at radius 3 is 2.54 bits per heavy atom. The second-order valence-electron chi connectivity index (χ2n) is 4.90. The minimum absolute atomic E-state index is 0.102. The number of carbonyl (C=O) groups excluding carboxylic acids is 1. The molecule has 1 unspecified atom stereocenters. The zero-order chi connectivity index (χ0) is 17.9. The molecule has 0 saturated carbocycles. The van der Waals surface area contributed by atoms with Gasteiger partial charge >= 0.3 is 17.8 Å². The molecule has 0 bridgehead atoms. The number of rotatable bonds is 5. The zero-order valence-corrected chi connectivity index (χ0v) is 13.0. The van der Waals surface area contributed by atoms with Crippen LogP contribution in [0, 0.1) is 0 Å². The van der Waals surface area contributed by atoms with Crippen molar-refractivity contribution in [2.24, 2.45) is 0 Å². The van der Waals surface area contributed by atoms with Gasteiger partial charge in [0.2, 0.25) is 0 Å². The van der Waals surface area contributed by atoms with Crippen LogP contribution >= 0.6 is 0 Å². The molecule has 0 spiro atoms. The van der Waals surface area contributed by atoms with E-state index in [2.05, 4.69) is 0 Å². The van der Waals surface area contributed by atoms with Crippen molar-refractivity contribution in [3.05, 3.63) is 40.2 Å². The number of fused-ring (bicyclic) bond motifs is 1. The molecule has 130 valence electrons. The molecule has 1 atom stereocenters. The van der Waals surface area contributed by atoms with Crippen molar-refractivity contribution >= 4 is 16.9 Å². The maximum absolute atomic E-state index is 13.0. The van der Waals surface area contributed by atoms with Crippen molar-refractivity contribution in [2.45, 2.75) is 32.5 Å². The van der Waals surface area contributed by atoms with Crippen LogP contribution in [0.1, 0.15) is 25.8 Å². The van der Waals surface area contributed by atoms with E-state index in [1.165, 1.54) is 6.07 Å². The average molecular weight is 344 g/mol. The fourth-order valence-electron chi connectivity index (χ4n) is 2.15. The van der Waals surface area contributed by atoms with E-state index in [0.29, 0.717) is 12.5 Å². The molecular weight excluding hydrogens is 329 g/mol. The first kappa shape index (κ1) is 17.8. The van der Waals surface area contributed by atoms with E-state index in [0.717, 1.165) is 12.1 Å². The largest absolute Gasteiger partial charge is 0.479 e. The topological polar surface area (TPSA) is 65.7 Å². The Balaban J connectivity index is 2.41. The van der Waals surface area contributed by atoms with Gasteiger partial charge < -0.3 is 13.9 Å². The van der Waals surface area contributed by atoms with Gasteiger partial charge in [0, 0.05) is 17.5 Å². The van der Waals surface area contributed by atoms with E-state index in [4.69, 9.17) is 13.9 Å². The molecule has 1 aromatic carbocycles. The fraction of sp³-hybridized carbons (Fsp3) is 0.375. The molecule has 5 nitrogen and oxygen atoms in total. The first-order chi connectivity index (χ1) is 11.3. The zero-order valence-electron chi connectivity index (χ0n) is 13.0. The smallest absolute Gasteiger partial charge is 0.417 e. The van der Waals surface area contributed by atoms with E-state index in [-0.39, 0.29) is 23.3 Å². The Kier molecular flexibility index (Phi) is 5.16. The highest BCUT2D eigenvalue weighted by Gasteiger charge is 2.34. The summed E-state index contributed by atoms with van der Waals surface area (Å²) in [5, 5.41) is -0.265. The highest BCUT2D eigenvalue weighted by atomic mass is 19.4. The van der Waals surface area contributed by atoms with E-state index in [9.17, 15) is 22.8 Å². The molecule has 0 aliphatic rings. The van der Waals surface area contributed by atoms with Gasteiger partial charge in [0.15, 0.2) is 6.10 Å². The molecule has 8 heteroatoms. The molecule has 0 amide bonds. The van der Waals surface area contributed by atoms with Crippen molar-refractivity contribution in [3.63, 3.8) is 0 Å². The van der Waals surface area contributed by atoms with Gasteiger partial charge in [-0.2, -0.15) is 13.2 Å². The maximum Gasteiger partial charge on any atom is 0.417 e. The summed E-state index contributed by atoms with van der Waals surface area (Å²) in [6.45, 7) is 3.53. The lowest BCUT2D eigenvalue weighted by molar-refractivity contribution is -0.151. The van der Waals surface area contributed by atoms with Gasteiger partial charge in [-0.1, -0.05) is 6.92 Å². The number of alkyl halides is 3. The maximum atomic E-state index is 13.0. The Labute approximate surface area is 135 Å². The quantitative estimate of drug-likeness (QED) is 0.613. The summed E-state index contributed by atoms with van der Waals surface area (Å²) in [5.41, 5.74) is -2.48. The van der Waals surface area contributed by atoms with Gasteiger partial charge in [0.1, 0.15) is 11.3 Å². The van der Waals surface area contributed by atoms with Crippen molar-refractivity contribution < 1.29 is 31.9 Å². The molecular formula is C16H15F3O5. The van der Waals surface area contributed by atoms with E-state index >= 15 is 0 Å². The van der Waals surface area contributed by atoms with Crippen LogP contribution in [0.5, 0.6) is 5.75 Å². The van der Waals surface area contributed by atoms with Gasteiger partial charge in [0.25, 0.3) is 0 Å². The minimum Gasteiger partial charge on any atom is -0.479 e. The van der Waals surface area contributed by atoms with Gasteiger partial charge in [-0.25, -0.2) is 9.59 Å². The molecule has 2 aromatic rings. The Morgan fingerprint density at radius 1 is 1.25 bits per heavy atom. The summed E-state index contributed by atoms with van der Waals surface area (Å²) < 4.78 is 54.0. The predicted molar refractivity (Wildman–Crippen MR) is 78.8 cm³/mol. The number of hydrogen-bond donors (Lipinski definition) is 0. The number of ether oxygens (including phenoxy) is 2. The lowest BCUT2D eigenvalue weighted by Crippen LogP contribution is -2.28. The lowest BCUT2D eigenvalue weighted by atomic mass is 10.1. The molecule has 1 heterocycles. The van der Waals surface area contributed by atoms with Crippen molar-refractivity contribution in [3.8, 4) is 5.75 Å². The number of carbonyl (C=O) groups is 1. The van der Waals surface area contributed by atoms with Crippen LogP contribution in [0.2, 0.25) is 0 Å². The molecule has 24 heavy (non-hydrogen) atoms. The second-order valence-corrected chi connectivity index (χ2v) is 4.90. The molecule has 0 aliphatic heterocycles. The lowest BCUT2D eigenvalue weighted by Gasteiger charge is -2.16. The number of halogens is 3. The third-order valence-corrected chi connectivity index (χ3v) is 3.22. The van der Waals surface area contributed by atoms with Gasteiger partial charge in [0.05, 0.1) is 12.2 Å². The first-order valence-electron chi connectivity index (χ1n) is 7.24. The van der Waals surface area contributed by atoms with Crippen LogP contribution in [0.25, 0.3) is 11.0 Å². The van der Waals surface area contributed by atoms with Crippen LogP contribution < -0.4 is 10.4 Å². The van der Waals surface area contributed by atoms with E-state index in [1.54, 1.807) is 13.8 Å². The predicted octanol–water partition coefficient (Wildman–Crippen LogP) is 3.53. The summed E-state index contributed by atoms with van der Waals surface area (Å²) >= 11 is 0. The summed E-state index contributed by atoms with van der Waals surface area (Å²) in [7, 11) is 0. The van der Waals surface area contributed by atoms with Crippen molar-refractivity contribution in [2.75, 3.05) is 6.61 Å². The molecule has 1 aromatic heterocycles. The van der Waals surface area contributed by atoms with Gasteiger partial charge in [-0.3, -0.25) is 0 Å². The third-order valence-electron chi connectivity index (χ3n) is 3.22. The van der Waals surface area contributed by atoms with Crippen LogP contribution in [0.15, 0.2) is 33.5 Å². The van der Waals surface area contributed by atoms with Crippen LogP contribution in [0.3, 0.4) is 0 Å². The molecule has 0 N–H and O–H groups in total. The van der Waals surface area contributed by atoms with E-state index < -0.39 is 29.4 Å². The SMILES string of the molecule is CCOC(=O)C(CC)Oc1ccc2c(C(F)(F)F)cc(=O)oc2c1. The highest BCUT2D eigenvalue weighted by molar-refractivity contribution is 5.82. The summed E-state index contributed by atoms with van der Waals surface area (Å²) in [5.74, 6) is -0.476. The minimum atomic E-state index is -4.69. The summed E-state index contributed by atoms with van der Waals surface area (Å²) in [6.07, 6.45) is -5.28. The average Bonchev–Trinajstić information content (AvgIpc) is 2.50. The standard InChI is InChI=1S/C16H15F3O5/c1-3-12(15(21)22-4-2)23-9-5-6-10-11(16(17,18)19)8-14(20)24-13(10)7-9/h5-8,12H,3-4H2,1-2H3. The Morgan fingerprint density at radius 2 is 1.96 bits per heavy atom. The number of hydrogen-bond acceptors (Lipinski definition) is 5. The van der Waals surface area contributed by atoms with Crippen LogP contribution in [-0.4, -0.2) is 18.7 Å². The number of benzene rings is 1. The monoisotopic (exact) mass is 344 g/mol. The van der Waals surface area contributed by atoms with Crippen LogP contribution in [-0.2, 0) is 15.7 Å². The van der Waals surface area contributed by atoms with E-state index in [1.807, 2.05) is 0 Å². The summed E-state index contributed by atoms with van der Waals surface area (Å²) in [4.78, 5) is 23.1. The number of esters is 1. The van der Waals surface area contributed by atoms with Crippen molar-refractivity contribution in [1.29, 1.82) is 0 Å². The Bertz CT molecular complexity index is 794. The normalized spacial score (nSPS) is 12.9. The molecule has 0 saturated heterocycles. The summed E-state index contributed by atoms with van der Waals surface area (Å²) in [6, 6.07) is 3.96. The van der Waals surface area contributed by atoms with Gasteiger partial charge in [-0.15, -0.1) is 0 Å². The molecule has 0 fully saturated rings. The highest BCUT2D eigenvalue weighted by Crippen LogP contribution is 2.35. The molecule has 2 rings (SSSR count). The second kappa shape index (κ2) is 6.94.